The van der Waals surface area contributed by atoms with Gasteiger partial charge in [0.1, 0.15) is 5.82 Å². The number of nitrogens with zero attached hydrogens (tertiary/aromatic N) is 2. The predicted octanol–water partition coefficient (Wildman–Crippen LogP) is 2.21. The molecule has 1 heterocycles. The fourth-order valence-corrected chi connectivity index (χ4v) is 4.28. The Kier molecular flexibility index (Phi) is 6.42. The monoisotopic (exact) mass is 316 g/mol. The molecule has 5 nitrogen and oxygen atoms in total. The van der Waals surface area contributed by atoms with Crippen LogP contribution in [0.1, 0.15) is 46.9 Å². The lowest BCUT2D eigenvalue weighted by Crippen LogP contribution is -2.56. The summed E-state index contributed by atoms with van der Waals surface area (Å²) < 4.78 is 5.22. The molecule has 0 aliphatic rings. The van der Waals surface area contributed by atoms with Crippen molar-refractivity contribution in [1.29, 1.82) is 0 Å². The van der Waals surface area contributed by atoms with E-state index >= 15 is 0 Å². The number of carbonyl (C=O) groups excluding carboxylic acids is 1. The van der Waals surface area contributed by atoms with Gasteiger partial charge in [-0.3, -0.25) is 4.79 Å². The zero-order chi connectivity index (χ0) is 15.3. The fraction of sp³-hybridized carbons (Fsp3) is 0.769. The van der Waals surface area contributed by atoms with E-state index in [9.17, 15) is 4.79 Å². The molecule has 3 N–H and O–H groups in total. The summed E-state index contributed by atoms with van der Waals surface area (Å²) in [5.41, 5.74) is 4.85. The van der Waals surface area contributed by atoms with Crippen LogP contribution in [0.25, 0.3) is 0 Å². The lowest BCUT2D eigenvalue weighted by atomic mass is 9.94. The highest BCUT2D eigenvalue weighted by molar-refractivity contribution is 8.01. The standard InChI is InChI=1S/C13H24N4OS2/c1-6-10-15-12(20-17-10)19-9(4)7-13(5,11(14)18)16-8(2)3/h8-9,16H,6-7H2,1-5H3,(H2,14,18). The number of primary amides is 1. The van der Waals surface area contributed by atoms with Crippen LogP contribution < -0.4 is 11.1 Å². The molecule has 7 heteroatoms. The Bertz CT molecular complexity index is 449. The minimum absolute atomic E-state index is 0.206. The largest absolute Gasteiger partial charge is 0.368 e. The first-order valence-corrected chi connectivity index (χ1v) is 8.49. The smallest absolute Gasteiger partial charge is 0.237 e. The molecule has 2 unspecified atom stereocenters. The predicted molar refractivity (Wildman–Crippen MR) is 85.1 cm³/mol. The van der Waals surface area contributed by atoms with Crippen molar-refractivity contribution in [2.24, 2.45) is 5.73 Å². The van der Waals surface area contributed by atoms with Crippen LogP contribution in [0.15, 0.2) is 4.34 Å². The molecule has 0 spiro atoms. The Morgan fingerprint density at radius 1 is 1.50 bits per heavy atom. The number of rotatable bonds is 8. The molecule has 0 radical (unpaired) electrons. The lowest BCUT2D eigenvalue weighted by Gasteiger charge is -2.31. The van der Waals surface area contributed by atoms with Gasteiger partial charge in [-0.2, -0.15) is 4.37 Å². The van der Waals surface area contributed by atoms with Gasteiger partial charge >= 0.3 is 0 Å². The molecule has 114 valence electrons. The summed E-state index contributed by atoms with van der Waals surface area (Å²) in [5.74, 6) is 0.563. The molecule has 1 rings (SSSR count). The Morgan fingerprint density at radius 3 is 2.60 bits per heavy atom. The van der Waals surface area contributed by atoms with Crippen molar-refractivity contribution in [3.63, 3.8) is 0 Å². The van der Waals surface area contributed by atoms with Gasteiger partial charge in [-0.1, -0.05) is 25.6 Å². The Balaban J connectivity index is 2.66. The molecule has 1 amide bonds. The number of amides is 1. The van der Waals surface area contributed by atoms with Crippen molar-refractivity contribution in [2.75, 3.05) is 0 Å². The van der Waals surface area contributed by atoms with Crippen molar-refractivity contribution in [3.05, 3.63) is 5.82 Å². The first kappa shape index (κ1) is 17.4. The van der Waals surface area contributed by atoms with E-state index in [0.29, 0.717) is 6.42 Å². The molecule has 0 bridgehead atoms. The van der Waals surface area contributed by atoms with E-state index < -0.39 is 5.54 Å². The fourth-order valence-electron chi connectivity index (χ4n) is 2.09. The number of aromatic nitrogens is 2. The number of carbonyl (C=O) groups is 1. The molecular formula is C13H24N4OS2. The number of hydrogen-bond donors (Lipinski definition) is 2. The molecular weight excluding hydrogens is 292 g/mol. The molecule has 0 aromatic carbocycles. The second kappa shape index (κ2) is 7.38. The van der Waals surface area contributed by atoms with Crippen LogP contribution in [0.2, 0.25) is 0 Å². The SMILES string of the molecule is CCc1nsc(SC(C)CC(C)(NC(C)C)C(N)=O)n1. The van der Waals surface area contributed by atoms with Crippen molar-refractivity contribution in [2.45, 2.75) is 68.6 Å². The number of thioether (sulfide) groups is 1. The van der Waals surface area contributed by atoms with Gasteiger partial charge in [-0.05, 0) is 38.7 Å². The summed E-state index contributed by atoms with van der Waals surface area (Å²) in [4.78, 5) is 16.2. The van der Waals surface area contributed by atoms with Crippen molar-refractivity contribution in [1.82, 2.24) is 14.7 Å². The molecule has 20 heavy (non-hydrogen) atoms. The van der Waals surface area contributed by atoms with E-state index in [-0.39, 0.29) is 17.2 Å². The highest BCUT2D eigenvalue weighted by atomic mass is 32.2. The molecule has 0 aliphatic heterocycles. The van der Waals surface area contributed by atoms with E-state index in [1.807, 2.05) is 27.7 Å². The van der Waals surface area contributed by atoms with E-state index in [2.05, 4.69) is 21.6 Å². The van der Waals surface area contributed by atoms with Gasteiger partial charge in [0.15, 0.2) is 4.34 Å². The summed E-state index contributed by atoms with van der Waals surface area (Å²) in [6.45, 7) is 10.0. The van der Waals surface area contributed by atoms with E-state index in [4.69, 9.17) is 5.73 Å². The first-order chi connectivity index (χ1) is 9.26. The molecule has 0 saturated carbocycles. The number of nitrogens with two attached hydrogens (primary N) is 1. The average Bonchev–Trinajstić information content (AvgIpc) is 2.74. The molecule has 1 aromatic heterocycles. The molecule has 0 aliphatic carbocycles. The molecule has 2 atom stereocenters. The quantitative estimate of drug-likeness (QED) is 0.719. The highest BCUT2D eigenvalue weighted by Crippen LogP contribution is 2.30. The van der Waals surface area contributed by atoms with Gasteiger partial charge < -0.3 is 11.1 Å². The summed E-state index contributed by atoms with van der Waals surface area (Å²) in [6, 6.07) is 0.206. The van der Waals surface area contributed by atoms with Gasteiger partial charge in [-0.15, -0.1) is 0 Å². The lowest BCUT2D eigenvalue weighted by molar-refractivity contribution is -0.124. The van der Waals surface area contributed by atoms with Crippen molar-refractivity contribution in [3.8, 4) is 0 Å². The molecule has 0 fully saturated rings. The Morgan fingerprint density at radius 2 is 2.15 bits per heavy atom. The highest BCUT2D eigenvalue weighted by Gasteiger charge is 2.33. The number of aryl methyl sites for hydroxylation is 1. The normalized spacial score (nSPS) is 16.1. The zero-order valence-electron chi connectivity index (χ0n) is 12.8. The average molecular weight is 316 g/mol. The van der Waals surface area contributed by atoms with E-state index in [0.717, 1.165) is 16.6 Å². The number of nitrogens with one attached hydrogen (secondary N) is 1. The van der Waals surface area contributed by atoms with Gasteiger partial charge in [0.05, 0.1) is 5.54 Å². The van der Waals surface area contributed by atoms with Crippen LogP contribution in [0.5, 0.6) is 0 Å². The third-order valence-corrected chi connectivity index (χ3v) is 4.84. The van der Waals surface area contributed by atoms with E-state index in [1.54, 1.807) is 11.8 Å². The molecule has 0 saturated heterocycles. The van der Waals surface area contributed by atoms with Gasteiger partial charge in [0, 0.05) is 17.7 Å². The minimum atomic E-state index is -0.696. The van der Waals surface area contributed by atoms with Crippen molar-refractivity contribution >= 4 is 29.2 Å². The van der Waals surface area contributed by atoms with E-state index in [1.165, 1.54) is 11.5 Å². The number of hydrogen-bond acceptors (Lipinski definition) is 6. The van der Waals surface area contributed by atoms with Gasteiger partial charge in [0.2, 0.25) is 5.91 Å². The first-order valence-electron chi connectivity index (χ1n) is 6.83. The maximum Gasteiger partial charge on any atom is 0.237 e. The van der Waals surface area contributed by atoms with Crippen LogP contribution in [-0.2, 0) is 11.2 Å². The second-order valence-electron chi connectivity index (χ2n) is 5.46. The third kappa shape index (κ3) is 5.03. The zero-order valence-corrected chi connectivity index (χ0v) is 14.4. The van der Waals surface area contributed by atoms with Crippen LogP contribution in [0.4, 0.5) is 0 Å². The van der Waals surface area contributed by atoms with Crippen LogP contribution in [0.3, 0.4) is 0 Å². The second-order valence-corrected chi connectivity index (χ2v) is 7.90. The van der Waals surface area contributed by atoms with Crippen LogP contribution >= 0.6 is 23.3 Å². The Hall–Kier alpha value is -0.660. The summed E-state index contributed by atoms with van der Waals surface area (Å²) >= 11 is 3.06. The topological polar surface area (TPSA) is 80.9 Å². The third-order valence-electron chi connectivity index (χ3n) is 2.91. The maximum atomic E-state index is 11.7. The summed E-state index contributed by atoms with van der Waals surface area (Å²) in [5, 5.41) is 3.50. The Labute approximate surface area is 129 Å². The van der Waals surface area contributed by atoms with Crippen LogP contribution in [-0.4, -0.2) is 32.1 Å². The van der Waals surface area contributed by atoms with Gasteiger partial charge in [-0.25, -0.2) is 4.98 Å². The van der Waals surface area contributed by atoms with Crippen molar-refractivity contribution < 1.29 is 4.79 Å². The molecule has 1 aromatic rings. The minimum Gasteiger partial charge on any atom is -0.368 e. The van der Waals surface area contributed by atoms with Crippen LogP contribution in [0, 0.1) is 0 Å². The summed E-state index contributed by atoms with van der Waals surface area (Å²) in [7, 11) is 0. The maximum absolute atomic E-state index is 11.7. The van der Waals surface area contributed by atoms with Gasteiger partial charge in [0.25, 0.3) is 0 Å². The summed E-state index contributed by atoms with van der Waals surface area (Å²) in [6.07, 6.45) is 1.51.